The molecule has 194 valence electrons. The Bertz CT molecular complexity index is 1130. The second-order valence-corrected chi connectivity index (χ2v) is 8.57. The second-order valence-electron chi connectivity index (χ2n) is 8.57. The van der Waals surface area contributed by atoms with Gasteiger partial charge in [0.25, 0.3) is 0 Å². The Morgan fingerprint density at radius 1 is 0.917 bits per heavy atom. The largest absolute Gasteiger partial charge is 0.494 e. The van der Waals surface area contributed by atoms with Gasteiger partial charge in [-0.25, -0.2) is 4.79 Å². The number of hydrogen-bond donors (Lipinski definition) is 0. The Hall–Kier alpha value is -3.52. The van der Waals surface area contributed by atoms with Gasteiger partial charge in [0.15, 0.2) is 5.60 Å². The summed E-state index contributed by atoms with van der Waals surface area (Å²) in [5.41, 5.74) is 2.33. The normalized spacial score (nSPS) is 11.3. The summed E-state index contributed by atoms with van der Waals surface area (Å²) in [7, 11) is 1.34. The molecule has 1 aromatic heterocycles. The van der Waals surface area contributed by atoms with E-state index in [-0.39, 0.29) is 6.61 Å². The average molecular weight is 497 g/mol. The van der Waals surface area contributed by atoms with Gasteiger partial charge in [-0.05, 0) is 58.9 Å². The zero-order chi connectivity index (χ0) is 26.1. The highest BCUT2D eigenvalue weighted by molar-refractivity contribution is 5.78. The van der Waals surface area contributed by atoms with Crippen molar-refractivity contribution in [3.8, 4) is 28.5 Å². The van der Waals surface area contributed by atoms with Crippen molar-refractivity contribution < 1.29 is 28.5 Å². The lowest BCUT2D eigenvalue weighted by atomic mass is 10.1. The minimum Gasteiger partial charge on any atom is -0.494 e. The van der Waals surface area contributed by atoms with Crippen molar-refractivity contribution in [1.82, 2.24) is 9.78 Å². The maximum absolute atomic E-state index is 12.1. The van der Waals surface area contributed by atoms with Gasteiger partial charge in [-0.1, -0.05) is 18.2 Å². The van der Waals surface area contributed by atoms with Gasteiger partial charge in [-0.15, -0.1) is 0 Å². The van der Waals surface area contributed by atoms with Crippen molar-refractivity contribution in [2.75, 3.05) is 26.9 Å². The molecule has 0 aliphatic carbocycles. The zero-order valence-electron chi connectivity index (χ0n) is 22.0. The first-order chi connectivity index (χ1) is 17.3. The Kier molecular flexibility index (Phi) is 9.36. The lowest BCUT2D eigenvalue weighted by Crippen LogP contribution is -2.35. The molecule has 0 unspecified atom stereocenters. The molecule has 0 aliphatic heterocycles. The number of carbonyl (C=O) groups is 1. The molecule has 0 saturated carbocycles. The standard InChI is InChI=1S/C28H36N2O6/c1-7-33-23-14-21(15-24(17-23)34-8-2)25-16-22(19-36-28(4,5)27(31)32-6)29-30(25)18-20-12-10-11-13-26(20)35-9-3/h10-17H,7-9,18-19H2,1-6H3. The van der Waals surface area contributed by atoms with Crippen LogP contribution in [-0.4, -0.2) is 48.3 Å². The maximum atomic E-state index is 12.1. The number of ether oxygens (including phenoxy) is 5. The minimum absolute atomic E-state index is 0.138. The highest BCUT2D eigenvalue weighted by atomic mass is 16.6. The smallest absolute Gasteiger partial charge is 0.337 e. The third kappa shape index (κ3) is 6.79. The third-order valence-corrected chi connectivity index (χ3v) is 5.48. The van der Waals surface area contributed by atoms with E-state index in [0.29, 0.717) is 43.6 Å². The van der Waals surface area contributed by atoms with Crippen molar-refractivity contribution in [1.29, 1.82) is 0 Å². The van der Waals surface area contributed by atoms with Crippen LogP contribution in [0.25, 0.3) is 11.3 Å². The SMILES string of the molecule is CCOc1cc(OCC)cc(-c2cc(COC(C)(C)C(=O)OC)nn2Cc2ccccc2OCC)c1. The predicted octanol–water partition coefficient (Wildman–Crippen LogP) is 5.26. The van der Waals surface area contributed by atoms with E-state index in [1.807, 2.05) is 74.0 Å². The van der Waals surface area contributed by atoms with Crippen molar-refractivity contribution in [3.05, 3.63) is 59.8 Å². The molecule has 8 heteroatoms. The van der Waals surface area contributed by atoms with Crippen LogP contribution in [0.15, 0.2) is 48.5 Å². The summed E-state index contributed by atoms with van der Waals surface area (Å²) in [6.45, 7) is 11.5. The number of carbonyl (C=O) groups excluding carboxylic acids is 1. The first kappa shape index (κ1) is 27.1. The molecule has 0 saturated heterocycles. The van der Waals surface area contributed by atoms with E-state index in [2.05, 4.69) is 0 Å². The summed E-state index contributed by atoms with van der Waals surface area (Å²) in [6.07, 6.45) is 0. The lowest BCUT2D eigenvalue weighted by molar-refractivity contribution is -0.166. The molecule has 0 aliphatic rings. The zero-order valence-corrected chi connectivity index (χ0v) is 22.0. The third-order valence-electron chi connectivity index (χ3n) is 5.48. The van der Waals surface area contributed by atoms with Crippen molar-refractivity contribution in [3.63, 3.8) is 0 Å². The first-order valence-corrected chi connectivity index (χ1v) is 12.2. The Morgan fingerprint density at radius 3 is 2.17 bits per heavy atom. The number of nitrogens with zero attached hydrogens (tertiary/aromatic N) is 2. The van der Waals surface area contributed by atoms with Crippen molar-refractivity contribution >= 4 is 5.97 Å². The van der Waals surface area contributed by atoms with Crippen LogP contribution in [0.2, 0.25) is 0 Å². The van der Waals surface area contributed by atoms with Gasteiger partial charge >= 0.3 is 5.97 Å². The van der Waals surface area contributed by atoms with E-state index in [0.717, 1.165) is 22.6 Å². The molecule has 1 heterocycles. The highest BCUT2D eigenvalue weighted by Gasteiger charge is 2.30. The fourth-order valence-electron chi connectivity index (χ4n) is 3.76. The summed E-state index contributed by atoms with van der Waals surface area (Å²) in [4.78, 5) is 12.1. The van der Waals surface area contributed by atoms with Crippen LogP contribution in [0.5, 0.6) is 17.2 Å². The molecular formula is C28H36N2O6. The lowest BCUT2D eigenvalue weighted by Gasteiger charge is -2.21. The molecule has 3 aromatic rings. The number of esters is 1. The Morgan fingerprint density at radius 2 is 1.56 bits per heavy atom. The average Bonchev–Trinajstić information content (AvgIpc) is 3.26. The van der Waals surface area contributed by atoms with E-state index in [1.165, 1.54) is 7.11 Å². The van der Waals surface area contributed by atoms with Gasteiger partial charge in [0.05, 0.1) is 51.5 Å². The van der Waals surface area contributed by atoms with Gasteiger partial charge in [-0.3, -0.25) is 4.68 Å². The molecular weight excluding hydrogens is 460 g/mol. The van der Waals surface area contributed by atoms with E-state index < -0.39 is 11.6 Å². The molecule has 0 atom stereocenters. The fourth-order valence-corrected chi connectivity index (χ4v) is 3.76. The molecule has 0 bridgehead atoms. The van der Waals surface area contributed by atoms with E-state index in [1.54, 1.807) is 13.8 Å². The van der Waals surface area contributed by atoms with Crippen LogP contribution < -0.4 is 14.2 Å². The van der Waals surface area contributed by atoms with Crippen molar-refractivity contribution in [2.24, 2.45) is 0 Å². The predicted molar refractivity (Wildman–Crippen MR) is 138 cm³/mol. The van der Waals surface area contributed by atoms with E-state index in [9.17, 15) is 4.79 Å². The molecule has 0 fully saturated rings. The first-order valence-electron chi connectivity index (χ1n) is 12.2. The van der Waals surface area contributed by atoms with E-state index >= 15 is 0 Å². The van der Waals surface area contributed by atoms with Crippen LogP contribution >= 0.6 is 0 Å². The molecule has 0 N–H and O–H groups in total. The minimum atomic E-state index is -1.10. The quantitative estimate of drug-likeness (QED) is 0.299. The van der Waals surface area contributed by atoms with Gasteiger partial charge < -0.3 is 23.7 Å². The monoisotopic (exact) mass is 496 g/mol. The van der Waals surface area contributed by atoms with Crippen molar-refractivity contribution in [2.45, 2.75) is 53.4 Å². The van der Waals surface area contributed by atoms with Crippen LogP contribution in [0.4, 0.5) is 0 Å². The summed E-state index contributed by atoms with van der Waals surface area (Å²) in [5, 5.41) is 4.83. The Balaban J connectivity index is 2.04. The number of methoxy groups -OCH3 is 1. The molecule has 3 rings (SSSR count). The number of rotatable bonds is 13. The number of para-hydroxylation sites is 1. The van der Waals surface area contributed by atoms with Gasteiger partial charge in [0.2, 0.25) is 0 Å². The fraction of sp³-hybridized carbons (Fsp3) is 0.429. The topological polar surface area (TPSA) is 81.0 Å². The molecule has 0 amide bonds. The van der Waals surface area contributed by atoms with Gasteiger partial charge in [0, 0.05) is 17.2 Å². The van der Waals surface area contributed by atoms with Gasteiger partial charge in [0.1, 0.15) is 17.2 Å². The Labute approximate surface area is 213 Å². The molecule has 2 aromatic carbocycles. The summed E-state index contributed by atoms with van der Waals surface area (Å²) >= 11 is 0. The maximum Gasteiger partial charge on any atom is 0.337 e. The molecule has 36 heavy (non-hydrogen) atoms. The van der Waals surface area contributed by atoms with Gasteiger partial charge in [-0.2, -0.15) is 5.10 Å². The molecule has 0 radical (unpaired) electrons. The summed E-state index contributed by atoms with van der Waals surface area (Å²) in [5.74, 6) is 1.79. The summed E-state index contributed by atoms with van der Waals surface area (Å²) in [6, 6.07) is 15.7. The highest BCUT2D eigenvalue weighted by Crippen LogP contribution is 2.32. The second kappa shape index (κ2) is 12.4. The van der Waals surface area contributed by atoms with Crippen LogP contribution in [-0.2, 0) is 27.4 Å². The van der Waals surface area contributed by atoms with E-state index in [4.69, 9.17) is 28.8 Å². The number of hydrogen-bond acceptors (Lipinski definition) is 7. The summed E-state index contributed by atoms with van der Waals surface area (Å²) < 4.78 is 30.1. The number of aromatic nitrogens is 2. The molecule has 0 spiro atoms. The van der Waals surface area contributed by atoms with Crippen LogP contribution in [0.1, 0.15) is 45.9 Å². The van der Waals surface area contributed by atoms with Crippen LogP contribution in [0.3, 0.4) is 0 Å². The van der Waals surface area contributed by atoms with Crippen LogP contribution in [0, 0.1) is 0 Å². The molecule has 8 nitrogen and oxygen atoms in total. The number of benzene rings is 2.